The molecule has 0 bridgehead atoms. The number of aryl methyl sites for hydroxylation is 2. The number of rotatable bonds is 0. The second kappa shape index (κ2) is 4.27. The van der Waals surface area contributed by atoms with Crippen molar-refractivity contribution in [2.24, 2.45) is 5.73 Å². The Morgan fingerprint density at radius 3 is 2.56 bits per heavy atom. The molecule has 2 aliphatic carbocycles. The summed E-state index contributed by atoms with van der Waals surface area (Å²) in [6.07, 6.45) is 5.66. The summed E-state index contributed by atoms with van der Waals surface area (Å²) in [6, 6.07) is 4.20. The van der Waals surface area contributed by atoms with E-state index in [1.165, 1.54) is 29.5 Å². The smallest absolute Gasteiger partial charge is 0.116 e. The molecule has 88 valence electrons. The zero-order valence-electron chi connectivity index (χ0n) is 9.28. The molecule has 2 nitrogen and oxygen atoms in total. The fourth-order valence-electron chi connectivity index (χ4n) is 3.26. The van der Waals surface area contributed by atoms with Crippen molar-refractivity contribution in [3.05, 3.63) is 28.8 Å². The lowest BCUT2D eigenvalue weighted by Gasteiger charge is -2.36. The average Bonchev–Trinajstić information content (AvgIpc) is 2.23. The molecule has 0 amide bonds. The minimum Gasteiger partial charge on any atom is -0.508 e. The highest BCUT2D eigenvalue weighted by molar-refractivity contribution is 5.85. The lowest BCUT2D eigenvalue weighted by molar-refractivity contribution is 0.411. The molecule has 0 saturated heterocycles. The van der Waals surface area contributed by atoms with E-state index in [-0.39, 0.29) is 12.4 Å². The van der Waals surface area contributed by atoms with Crippen LogP contribution in [0.3, 0.4) is 0 Å². The maximum Gasteiger partial charge on any atom is 0.116 e. The molecule has 0 radical (unpaired) electrons. The van der Waals surface area contributed by atoms with Crippen molar-refractivity contribution in [1.82, 2.24) is 0 Å². The molecule has 2 aliphatic rings. The van der Waals surface area contributed by atoms with E-state index in [0.717, 1.165) is 19.3 Å². The van der Waals surface area contributed by atoms with E-state index in [1.807, 2.05) is 12.1 Å². The molecule has 3 N–H and O–H groups in total. The van der Waals surface area contributed by atoms with Crippen LogP contribution < -0.4 is 5.73 Å². The second-order valence-electron chi connectivity index (χ2n) is 4.88. The van der Waals surface area contributed by atoms with Crippen LogP contribution in [0.15, 0.2) is 12.1 Å². The molecular formula is C13H18ClNO. The van der Waals surface area contributed by atoms with Crippen molar-refractivity contribution >= 4 is 12.4 Å². The monoisotopic (exact) mass is 239 g/mol. The first-order chi connectivity index (χ1) is 7.25. The van der Waals surface area contributed by atoms with Gasteiger partial charge in [0.25, 0.3) is 0 Å². The molecule has 3 heteroatoms. The predicted octanol–water partition coefficient (Wildman–Crippen LogP) is 2.51. The van der Waals surface area contributed by atoms with Gasteiger partial charge in [0.2, 0.25) is 0 Å². The summed E-state index contributed by atoms with van der Waals surface area (Å²) < 4.78 is 0. The van der Waals surface area contributed by atoms with Crippen LogP contribution in [0.2, 0.25) is 0 Å². The first kappa shape index (κ1) is 11.7. The maximum atomic E-state index is 9.65. The van der Waals surface area contributed by atoms with Crippen LogP contribution in [-0.2, 0) is 12.8 Å². The number of aromatic hydroxyl groups is 1. The van der Waals surface area contributed by atoms with Crippen molar-refractivity contribution in [2.75, 3.05) is 0 Å². The minimum atomic E-state index is 0. The van der Waals surface area contributed by atoms with Gasteiger partial charge in [-0.25, -0.2) is 0 Å². The number of hydrogen-bond donors (Lipinski definition) is 2. The molecule has 3 rings (SSSR count). The van der Waals surface area contributed by atoms with E-state index in [2.05, 4.69) is 0 Å². The molecule has 0 saturated carbocycles. The number of hydrogen-bond acceptors (Lipinski definition) is 2. The molecule has 0 aromatic heterocycles. The topological polar surface area (TPSA) is 46.2 Å². The number of benzene rings is 1. The molecule has 0 heterocycles. The Kier molecular flexibility index (Phi) is 3.13. The lowest BCUT2D eigenvalue weighted by atomic mass is 9.71. The van der Waals surface area contributed by atoms with Gasteiger partial charge in [0, 0.05) is 6.04 Å². The molecule has 0 spiro atoms. The Morgan fingerprint density at radius 1 is 1.12 bits per heavy atom. The van der Waals surface area contributed by atoms with Crippen molar-refractivity contribution in [2.45, 2.75) is 44.1 Å². The average molecular weight is 240 g/mol. The Bertz CT molecular complexity index is 388. The highest BCUT2D eigenvalue weighted by atomic mass is 35.5. The van der Waals surface area contributed by atoms with Gasteiger partial charge in [-0.05, 0) is 66.8 Å². The Labute approximate surface area is 102 Å². The van der Waals surface area contributed by atoms with Gasteiger partial charge in [-0.3, -0.25) is 0 Å². The summed E-state index contributed by atoms with van der Waals surface area (Å²) in [6.45, 7) is 0. The van der Waals surface area contributed by atoms with Crippen LogP contribution in [0.4, 0.5) is 0 Å². The van der Waals surface area contributed by atoms with E-state index in [9.17, 15) is 5.11 Å². The molecule has 0 fully saturated rings. The summed E-state index contributed by atoms with van der Waals surface area (Å²) in [5.74, 6) is 0.984. The van der Waals surface area contributed by atoms with E-state index in [4.69, 9.17) is 5.73 Å². The van der Waals surface area contributed by atoms with Crippen molar-refractivity contribution in [3.8, 4) is 5.75 Å². The molecule has 16 heavy (non-hydrogen) atoms. The third-order valence-corrected chi connectivity index (χ3v) is 3.93. The van der Waals surface area contributed by atoms with Crippen LogP contribution in [0.25, 0.3) is 0 Å². The standard InChI is InChI=1S/C13H17NO.ClH/c14-12-5-4-9-7-10(15)6-8-2-1-3-11(12)13(8)9;/h6-7,11-12,15H,1-5,14H2;1H. The predicted molar refractivity (Wildman–Crippen MR) is 67.3 cm³/mol. The van der Waals surface area contributed by atoms with Gasteiger partial charge >= 0.3 is 0 Å². The van der Waals surface area contributed by atoms with Crippen LogP contribution >= 0.6 is 12.4 Å². The van der Waals surface area contributed by atoms with Gasteiger partial charge in [0.15, 0.2) is 0 Å². The molecule has 2 unspecified atom stereocenters. The first-order valence-electron chi connectivity index (χ1n) is 5.86. The quantitative estimate of drug-likeness (QED) is 0.731. The largest absolute Gasteiger partial charge is 0.508 e. The molecular weight excluding hydrogens is 222 g/mol. The van der Waals surface area contributed by atoms with Crippen molar-refractivity contribution < 1.29 is 5.11 Å². The van der Waals surface area contributed by atoms with Crippen LogP contribution in [0.1, 0.15) is 41.9 Å². The fraction of sp³-hybridized carbons (Fsp3) is 0.538. The third-order valence-electron chi connectivity index (χ3n) is 3.93. The number of halogens is 1. The summed E-state index contributed by atoms with van der Waals surface area (Å²) in [4.78, 5) is 0. The summed E-state index contributed by atoms with van der Waals surface area (Å²) in [5, 5.41) is 9.65. The van der Waals surface area contributed by atoms with Gasteiger partial charge < -0.3 is 10.8 Å². The number of phenolic OH excluding ortho intramolecular Hbond substituents is 1. The number of phenols is 1. The van der Waals surface area contributed by atoms with E-state index in [0.29, 0.717) is 17.7 Å². The van der Waals surface area contributed by atoms with Crippen molar-refractivity contribution in [3.63, 3.8) is 0 Å². The van der Waals surface area contributed by atoms with Gasteiger partial charge in [0.1, 0.15) is 5.75 Å². The van der Waals surface area contributed by atoms with Gasteiger partial charge in [-0.15, -0.1) is 12.4 Å². The van der Waals surface area contributed by atoms with E-state index < -0.39 is 0 Å². The third kappa shape index (κ3) is 1.70. The molecule has 2 atom stereocenters. The fourth-order valence-corrected chi connectivity index (χ4v) is 3.26. The zero-order chi connectivity index (χ0) is 10.4. The lowest BCUT2D eigenvalue weighted by Crippen LogP contribution is -2.35. The summed E-state index contributed by atoms with van der Waals surface area (Å²) in [5.41, 5.74) is 10.3. The normalized spacial score (nSPS) is 26.8. The summed E-state index contributed by atoms with van der Waals surface area (Å²) in [7, 11) is 0. The van der Waals surface area contributed by atoms with Gasteiger partial charge in [-0.2, -0.15) is 0 Å². The van der Waals surface area contributed by atoms with Gasteiger partial charge in [-0.1, -0.05) is 0 Å². The van der Waals surface area contributed by atoms with Crippen molar-refractivity contribution in [1.29, 1.82) is 0 Å². The minimum absolute atomic E-state index is 0. The Balaban J connectivity index is 0.000000963. The van der Waals surface area contributed by atoms with E-state index >= 15 is 0 Å². The highest BCUT2D eigenvalue weighted by Gasteiger charge is 2.31. The Morgan fingerprint density at radius 2 is 1.81 bits per heavy atom. The van der Waals surface area contributed by atoms with Crippen LogP contribution in [-0.4, -0.2) is 11.1 Å². The Hall–Kier alpha value is -0.730. The SMILES string of the molecule is Cl.NC1CCc2cc(O)cc3c2C1CCC3. The maximum absolute atomic E-state index is 9.65. The van der Waals surface area contributed by atoms with Crippen LogP contribution in [0, 0.1) is 0 Å². The molecule has 1 aromatic carbocycles. The second-order valence-corrected chi connectivity index (χ2v) is 4.88. The van der Waals surface area contributed by atoms with Gasteiger partial charge in [0.05, 0.1) is 0 Å². The zero-order valence-corrected chi connectivity index (χ0v) is 10.1. The molecule has 0 aliphatic heterocycles. The first-order valence-corrected chi connectivity index (χ1v) is 5.86. The van der Waals surface area contributed by atoms with Crippen LogP contribution in [0.5, 0.6) is 5.75 Å². The van der Waals surface area contributed by atoms with E-state index in [1.54, 1.807) is 0 Å². The summed E-state index contributed by atoms with van der Waals surface area (Å²) >= 11 is 0. The highest BCUT2D eigenvalue weighted by Crippen LogP contribution is 2.42. The number of nitrogens with two attached hydrogens (primary N) is 1. The molecule has 1 aromatic rings.